The number of benzene rings is 2. The third-order valence-electron chi connectivity index (χ3n) is 4.06. The summed E-state index contributed by atoms with van der Waals surface area (Å²) in [6.45, 7) is 1.84. The fourth-order valence-electron chi connectivity index (χ4n) is 2.36. The number of rotatable bonds is 5. The van der Waals surface area contributed by atoms with Crippen LogP contribution in [0, 0.1) is 5.82 Å². The first-order valence-corrected chi connectivity index (χ1v) is 9.38. The summed E-state index contributed by atoms with van der Waals surface area (Å²) in [7, 11) is -1.60. The number of sulfone groups is 1. The number of carbonyl (C=O) groups excluding carboxylic acids is 1. The molecule has 0 fully saturated rings. The molecule has 6 heteroatoms. The lowest BCUT2D eigenvalue weighted by Gasteiger charge is -2.25. The monoisotopic (exact) mass is 349 g/mol. The van der Waals surface area contributed by atoms with Crippen molar-refractivity contribution in [3.63, 3.8) is 0 Å². The van der Waals surface area contributed by atoms with Crippen molar-refractivity contribution in [2.45, 2.75) is 24.3 Å². The van der Waals surface area contributed by atoms with Crippen molar-refractivity contribution in [1.29, 1.82) is 0 Å². The number of carbonyl (C=O) groups is 1. The lowest BCUT2D eigenvalue weighted by Crippen LogP contribution is -2.31. The molecule has 0 saturated carbocycles. The zero-order valence-corrected chi connectivity index (χ0v) is 14.7. The van der Waals surface area contributed by atoms with E-state index in [1.165, 1.54) is 23.1 Å². The number of amides is 1. The summed E-state index contributed by atoms with van der Waals surface area (Å²) in [5.74, 6) is -0.607. The molecule has 0 heterocycles. The van der Waals surface area contributed by atoms with Crippen molar-refractivity contribution in [3.05, 3.63) is 65.5 Å². The minimum atomic E-state index is -3.25. The van der Waals surface area contributed by atoms with Gasteiger partial charge in [-0.05, 0) is 36.2 Å². The highest BCUT2D eigenvalue weighted by atomic mass is 32.2. The molecule has 1 amide bonds. The molecule has 0 unspecified atom stereocenters. The van der Waals surface area contributed by atoms with Crippen molar-refractivity contribution in [2.75, 3.05) is 13.3 Å². The fraction of sp³-hybridized carbons (Fsp3) is 0.278. The van der Waals surface area contributed by atoms with Gasteiger partial charge in [0.25, 0.3) is 0 Å². The Hall–Kier alpha value is -2.21. The molecule has 1 atom stereocenters. The van der Waals surface area contributed by atoms with Gasteiger partial charge in [0.2, 0.25) is 5.91 Å². The van der Waals surface area contributed by atoms with Crippen LogP contribution in [-0.4, -0.2) is 32.5 Å². The van der Waals surface area contributed by atoms with E-state index in [0.29, 0.717) is 5.56 Å². The van der Waals surface area contributed by atoms with Gasteiger partial charge in [-0.15, -0.1) is 0 Å². The fourth-order valence-corrected chi connectivity index (χ4v) is 2.99. The molecular weight excluding hydrogens is 329 g/mol. The average molecular weight is 349 g/mol. The van der Waals surface area contributed by atoms with E-state index < -0.39 is 15.7 Å². The highest BCUT2D eigenvalue weighted by Gasteiger charge is 2.19. The Morgan fingerprint density at radius 1 is 1.12 bits per heavy atom. The molecule has 0 bridgehead atoms. The van der Waals surface area contributed by atoms with Crippen molar-refractivity contribution < 1.29 is 17.6 Å². The van der Waals surface area contributed by atoms with Crippen LogP contribution in [0.15, 0.2) is 53.4 Å². The smallest absolute Gasteiger partial charge is 0.227 e. The Labute approximate surface area is 141 Å². The highest BCUT2D eigenvalue weighted by Crippen LogP contribution is 2.22. The number of hydrogen-bond donors (Lipinski definition) is 0. The first-order chi connectivity index (χ1) is 11.2. The van der Waals surface area contributed by atoms with E-state index in [1.54, 1.807) is 37.4 Å². The lowest BCUT2D eigenvalue weighted by molar-refractivity contribution is -0.131. The maximum absolute atomic E-state index is 13.7. The summed E-state index contributed by atoms with van der Waals surface area (Å²) in [6.07, 6.45) is 1.13. The second-order valence-electron chi connectivity index (χ2n) is 5.79. The van der Waals surface area contributed by atoms with E-state index in [4.69, 9.17) is 0 Å². The Morgan fingerprint density at radius 3 is 2.25 bits per heavy atom. The zero-order valence-electron chi connectivity index (χ0n) is 13.9. The van der Waals surface area contributed by atoms with Crippen LogP contribution < -0.4 is 0 Å². The largest absolute Gasteiger partial charge is 0.339 e. The maximum Gasteiger partial charge on any atom is 0.227 e. The van der Waals surface area contributed by atoms with Crippen LogP contribution in [0.3, 0.4) is 0 Å². The van der Waals surface area contributed by atoms with Crippen LogP contribution in [0.1, 0.15) is 24.1 Å². The van der Waals surface area contributed by atoms with Crippen molar-refractivity contribution in [1.82, 2.24) is 4.90 Å². The molecule has 2 aromatic rings. The molecule has 0 aliphatic heterocycles. The van der Waals surface area contributed by atoms with Crippen LogP contribution >= 0.6 is 0 Å². The second kappa shape index (κ2) is 7.13. The van der Waals surface area contributed by atoms with E-state index in [-0.39, 0.29) is 23.3 Å². The molecule has 2 aromatic carbocycles. The summed E-state index contributed by atoms with van der Waals surface area (Å²) in [5.41, 5.74) is 1.17. The Balaban J connectivity index is 2.12. The Kier molecular flexibility index (Phi) is 5.39. The van der Waals surface area contributed by atoms with Gasteiger partial charge in [0.15, 0.2) is 9.84 Å². The third kappa shape index (κ3) is 4.20. The van der Waals surface area contributed by atoms with E-state index in [2.05, 4.69) is 0 Å². The topological polar surface area (TPSA) is 54.5 Å². The summed E-state index contributed by atoms with van der Waals surface area (Å²) >= 11 is 0. The normalized spacial score (nSPS) is 12.7. The Bertz CT molecular complexity index is 832. The van der Waals surface area contributed by atoms with Crippen LogP contribution in [0.2, 0.25) is 0 Å². The van der Waals surface area contributed by atoms with Crippen LogP contribution in [0.25, 0.3) is 0 Å². The average Bonchev–Trinajstić information content (AvgIpc) is 2.55. The van der Waals surface area contributed by atoms with Gasteiger partial charge in [0.05, 0.1) is 17.4 Å². The van der Waals surface area contributed by atoms with Crippen LogP contribution in [0.5, 0.6) is 0 Å². The van der Waals surface area contributed by atoms with Gasteiger partial charge in [0, 0.05) is 13.3 Å². The van der Waals surface area contributed by atoms with Gasteiger partial charge in [0.1, 0.15) is 5.82 Å². The molecule has 4 nitrogen and oxygen atoms in total. The minimum Gasteiger partial charge on any atom is -0.339 e. The van der Waals surface area contributed by atoms with E-state index >= 15 is 0 Å². The van der Waals surface area contributed by atoms with Gasteiger partial charge < -0.3 is 4.90 Å². The van der Waals surface area contributed by atoms with Crippen LogP contribution in [-0.2, 0) is 21.1 Å². The van der Waals surface area contributed by atoms with Gasteiger partial charge >= 0.3 is 0 Å². The van der Waals surface area contributed by atoms with Gasteiger partial charge in [-0.25, -0.2) is 12.8 Å². The summed E-state index contributed by atoms with van der Waals surface area (Å²) in [4.78, 5) is 14.1. The molecule has 0 N–H and O–H groups in total. The van der Waals surface area contributed by atoms with Gasteiger partial charge in [-0.1, -0.05) is 30.3 Å². The second-order valence-corrected chi connectivity index (χ2v) is 7.81. The zero-order chi connectivity index (χ0) is 17.9. The summed E-state index contributed by atoms with van der Waals surface area (Å²) in [5, 5.41) is 0. The number of halogens is 1. The third-order valence-corrected chi connectivity index (χ3v) is 5.19. The molecule has 0 radical (unpaired) electrons. The van der Waals surface area contributed by atoms with Crippen molar-refractivity contribution in [3.8, 4) is 0 Å². The first-order valence-electron chi connectivity index (χ1n) is 7.49. The lowest BCUT2D eigenvalue weighted by atomic mass is 10.1. The highest BCUT2D eigenvalue weighted by molar-refractivity contribution is 7.90. The van der Waals surface area contributed by atoms with Crippen LogP contribution in [0.4, 0.5) is 4.39 Å². The number of hydrogen-bond acceptors (Lipinski definition) is 3. The van der Waals surface area contributed by atoms with Gasteiger partial charge in [-0.3, -0.25) is 4.79 Å². The quantitative estimate of drug-likeness (QED) is 0.834. The van der Waals surface area contributed by atoms with E-state index in [9.17, 15) is 17.6 Å². The molecule has 0 aliphatic rings. The minimum absolute atomic E-state index is 0.0189. The molecule has 0 aromatic heterocycles. The molecule has 2 rings (SSSR count). The Morgan fingerprint density at radius 2 is 1.71 bits per heavy atom. The SMILES string of the molecule is C[C@H](c1ccc(S(C)(=O)=O)cc1)N(C)C(=O)Cc1ccccc1F. The number of likely N-dealkylation sites (N-methyl/N-ethyl adjacent to an activating group) is 1. The predicted octanol–water partition coefficient (Wildman–Crippen LogP) is 2.99. The predicted molar refractivity (Wildman–Crippen MR) is 90.8 cm³/mol. The molecule has 0 spiro atoms. The van der Waals surface area contributed by atoms with E-state index in [1.807, 2.05) is 6.92 Å². The molecular formula is C18H20FNO3S. The number of nitrogens with zero attached hydrogens (tertiary/aromatic N) is 1. The molecule has 128 valence electrons. The summed E-state index contributed by atoms with van der Waals surface area (Å²) in [6, 6.07) is 12.4. The van der Waals surface area contributed by atoms with Crippen molar-refractivity contribution in [2.24, 2.45) is 0 Å². The molecule has 24 heavy (non-hydrogen) atoms. The first kappa shape index (κ1) is 18.1. The van der Waals surface area contributed by atoms with Crippen molar-refractivity contribution >= 4 is 15.7 Å². The maximum atomic E-state index is 13.7. The van der Waals surface area contributed by atoms with Gasteiger partial charge in [-0.2, -0.15) is 0 Å². The standard InChI is InChI=1S/C18H20FNO3S/c1-13(14-8-10-16(11-9-14)24(3,22)23)20(2)18(21)12-15-6-4-5-7-17(15)19/h4-11,13H,12H2,1-3H3/t13-/m1/s1. The van der Waals surface area contributed by atoms with E-state index in [0.717, 1.165) is 11.8 Å². The molecule has 0 saturated heterocycles. The summed E-state index contributed by atoms with van der Waals surface area (Å²) < 4.78 is 36.6. The molecule has 0 aliphatic carbocycles.